The molecule has 0 unspecified atom stereocenters. The van der Waals surface area contributed by atoms with Gasteiger partial charge in [-0.2, -0.15) is 30.0 Å². The van der Waals surface area contributed by atoms with E-state index in [1.54, 1.807) is 20.2 Å². The highest BCUT2D eigenvalue weighted by molar-refractivity contribution is 6.06. The predicted octanol–water partition coefficient (Wildman–Crippen LogP) is 1.63. The topological polar surface area (TPSA) is 131 Å². The van der Waals surface area contributed by atoms with E-state index in [1.165, 1.54) is 35.9 Å². The summed E-state index contributed by atoms with van der Waals surface area (Å²) in [5, 5.41) is 16.4. The normalized spacial score (nSPS) is 10.5. The largest absolute Gasteiger partial charge is 0.465 e. The summed E-state index contributed by atoms with van der Waals surface area (Å²) in [6.45, 7) is 1.93. The van der Waals surface area contributed by atoms with Gasteiger partial charge < -0.3 is 9.47 Å². The van der Waals surface area contributed by atoms with E-state index in [2.05, 4.69) is 29.9 Å². The van der Waals surface area contributed by atoms with Crippen LogP contribution in [0.5, 0.6) is 0 Å². The van der Waals surface area contributed by atoms with Gasteiger partial charge in [0.15, 0.2) is 6.29 Å². The Balaban J connectivity index is 0.000000176. The molecule has 31 heavy (non-hydrogen) atoms. The number of aldehydes is 1. The number of aryl methyl sites for hydroxylation is 3. The standard InChI is InChI=1S/C10H9N3O3.C10H11N3O2/c1-13-11-8-6(5-14)3-4-7(9(8)12-13)10(15)16-2;1-6-4-5-7(10(14)15-3)9-8(6)11-13(2)12-9/h3-5H,1-2H3;4-5H,1-3H3. The minimum absolute atomic E-state index is 0.302. The summed E-state index contributed by atoms with van der Waals surface area (Å²) in [5.41, 5.74) is 4.24. The number of benzene rings is 2. The summed E-state index contributed by atoms with van der Waals surface area (Å²) in [4.78, 5) is 36.4. The maximum atomic E-state index is 11.4. The van der Waals surface area contributed by atoms with E-state index in [1.807, 2.05) is 13.0 Å². The smallest absolute Gasteiger partial charge is 0.340 e. The van der Waals surface area contributed by atoms with Crippen molar-refractivity contribution in [1.29, 1.82) is 0 Å². The first-order valence-electron chi connectivity index (χ1n) is 9.07. The second-order valence-electron chi connectivity index (χ2n) is 6.51. The van der Waals surface area contributed by atoms with Crippen LogP contribution in [0.25, 0.3) is 22.1 Å². The lowest BCUT2D eigenvalue weighted by Crippen LogP contribution is -2.03. The van der Waals surface area contributed by atoms with Gasteiger partial charge in [0.05, 0.1) is 25.3 Å². The number of carbonyl (C=O) groups is 3. The monoisotopic (exact) mass is 424 g/mol. The van der Waals surface area contributed by atoms with E-state index in [4.69, 9.17) is 0 Å². The molecule has 2 heterocycles. The van der Waals surface area contributed by atoms with Gasteiger partial charge in [-0.15, -0.1) is 0 Å². The molecule has 4 rings (SSSR count). The molecule has 2 aromatic heterocycles. The van der Waals surface area contributed by atoms with Crippen molar-refractivity contribution < 1.29 is 23.9 Å². The molecule has 4 aromatic rings. The molecular weight excluding hydrogens is 404 g/mol. The fourth-order valence-corrected chi connectivity index (χ4v) is 2.98. The van der Waals surface area contributed by atoms with Crippen molar-refractivity contribution >= 4 is 40.3 Å². The first-order valence-corrected chi connectivity index (χ1v) is 9.07. The Morgan fingerprint density at radius 1 is 0.774 bits per heavy atom. The number of nitrogens with zero attached hydrogens (tertiary/aromatic N) is 6. The number of fused-ring (bicyclic) bond motifs is 2. The molecule has 11 nitrogen and oxygen atoms in total. The lowest BCUT2D eigenvalue weighted by atomic mass is 10.1. The third kappa shape index (κ3) is 4.10. The lowest BCUT2D eigenvalue weighted by molar-refractivity contribution is 0.0593. The Hall–Kier alpha value is -4.15. The van der Waals surface area contributed by atoms with Crippen molar-refractivity contribution in [1.82, 2.24) is 30.0 Å². The highest BCUT2D eigenvalue weighted by Gasteiger charge is 2.17. The van der Waals surface area contributed by atoms with Crippen molar-refractivity contribution in [3.8, 4) is 0 Å². The molecule has 0 radical (unpaired) electrons. The Morgan fingerprint density at radius 2 is 1.23 bits per heavy atom. The van der Waals surface area contributed by atoms with Gasteiger partial charge in [-0.3, -0.25) is 4.79 Å². The average Bonchev–Trinajstić information content (AvgIpc) is 3.35. The zero-order valence-corrected chi connectivity index (χ0v) is 17.6. The first kappa shape index (κ1) is 21.6. The minimum atomic E-state index is -0.497. The third-order valence-electron chi connectivity index (χ3n) is 4.45. The summed E-state index contributed by atoms with van der Waals surface area (Å²) in [6, 6.07) is 6.57. The van der Waals surface area contributed by atoms with E-state index in [-0.39, 0.29) is 5.97 Å². The number of rotatable bonds is 3. The van der Waals surface area contributed by atoms with Gasteiger partial charge in [-0.1, -0.05) is 6.07 Å². The van der Waals surface area contributed by atoms with E-state index >= 15 is 0 Å². The highest BCUT2D eigenvalue weighted by Crippen LogP contribution is 2.20. The van der Waals surface area contributed by atoms with Crippen molar-refractivity contribution in [2.45, 2.75) is 6.92 Å². The van der Waals surface area contributed by atoms with Crippen molar-refractivity contribution in [2.75, 3.05) is 14.2 Å². The second-order valence-corrected chi connectivity index (χ2v) is 6.51. The molecule has 0 aliphatic rings. The number of aromatic nitrogens is 6. The molecule has 0 atom stereocenters. The van der Waals surface area contributed by atoms with Crippen LogP contribution < -0.4 is 0 Å². The van der Waals surface area contributed by atoms with Crippen LogP contribution in [-0.4, -0.2) is 62.4 Å². The Labute approximate surface area is 176 Å². The van der Waals surface area contributed by atoms with Gasteiger partial charge in [0, 0.05) is 19.7 Å². The molecule has 0 aliphatic carbocycles. The molecule has 0 spiro atoms. The SMILES string of the molecule is COC(=O)c1ccc(C)c2nn(C)nc12.COC(=O)c1ccc(C=O)c2nn(C)nc12. The number of hydrogen-bond donors (Lipinski definition) is 0. The predicted molar refractivity (Wildman–Crippen MR) is 110 cm³/mol. The molecule has 0 saturated carbocycles. The fourth-order valence-electron chi connectivity index (χ4n) is 2.98. The van der Waals surface area contributed by atoms with Crippen LogP contribution in [0, 0.1) is 6.92 Å². The lowest BCUT2D eigenvalue weighted by Gasteiger charge is -2.00. The van der Waals surface area contributed by atoms with Gasteiger partial charge in [0.1, 0.15) is 22.1 Å². The minimum Gasteiger partial charge on any atom is -0.465 e. The molecule has 0 saturated heterocycles. The first-order chi connectivity index (χ1) is 14.8. The summed E-state index contributed by atoms with van der Waals surface area (Å²) < 4.78 is 9.30. The van der Waals surface area contributed by atoms with E-state index in [0.29, 0.717) is 39.5 Å². The molecule has 0 amide bonds. The maximum absolute atomic E-state index is 11.4. The van der Waals surface area contributed by atoms with Gasteiger partial charge in [0.25, 0.3) is 0 Å². The molecule has 0 aliphatic heterocycles. The van der Waals surface area contributed by atoms with Gasteiger partial charge in [0.2, 0.25) is 0 Å². The van der Waals surface area contributed by atoms with Crippen LogP contribution in [0.4, 0.5) is 0 Å². The molecule has 0 bridgehead atoms. The zero-order chi connectivity index (χ0) is 22.7. The average molecular weight is 424 g/mol. The molecule has 2 aromatic carbocycles. The van der Waals surface area contributed by atoms with Crippen molar-refractivity contribution in [3.05, 3.63) is 46.5 Å². The molecule has 0 fully saturated rings. The Morgan fingerprint density at radius 3 is 1.74 bits per heavy atom. The number of carbonyl (C=O) groups excluding carboxylic acids is 3. The van der Waals surface area contributed by atoms with Crippen molar-refractivity contribution in [3.63, 3.8) is 0 Å². The molecule has 160 valence electrons. The quantitative estimate of drug-likeness (QED) is 0.355. The van der Waals surface area contributed by atoms with Crippen molar-refractivity contribution in [2.24, 2.45) is 14.1 Å². The van der Waals surface area contributed by atoms with E-state index in [0.717, 1.165) is 11.1 Å². The van der Waals surface area contributed by atoms with Crippen LogP contribution in [0.1, 0.15) is 36.6 Å². The number of hydrogen-bond acceptors (Lipinski definition) is 9. The van der Waals surface area contributed by atoms with Crippen LogP contribution in [-0.2, 0) is 23.6 Å². The molecular formula is C20H20N6O5. The zero-order valence-electron chi connectivity index (χ0n) is 17.6. The Kier molecular flexibility index (Phi) is 6.05. The number of esters is 2. The van der Waals surface area contributed by atoms with Crippen LogP contribution in [0.2, 0.25) is 0 Å². The Bertz CT molecular complexity index is 1310. The van der Waals surface area contributed by atoms with Crippen LogP contribution in [0.3, 0.4) is 0 Å². The highest BCUT2D eigenvalue weighted by atomic mass is 16.5. The van der Waals surface area contributed by atoms with E-state index < -0.39 is 5.97 Å². The summed E-state index contributed by atoms with van der Waals surface area (Å²) >= 11 is 0. The maximum Gasteiger partial charge on any atom is 0.340 e. The molecule has 11 heteroatoms. The molecule has 0 N–H and O–H groups in total. The summed E-state index contributed by atoms with van der Waals surface area (Å²) in [7, 11) is 5.98. The summed E-state index contributed by atoms with van der Waals surface area (Å²) in [5.74, 6) is -0.886. The van der Waals surface area contributed by atoms with Gasteiger partial charge in [-0.05, 0) is 30.7 Å². The number of ether oxygens (including phenoxy) is 2. The van der Waals surface area contributed by atoms with E-state index in [9.17, 15) is 14.4 Å². The third-order valence-corrected chi connectivity index (χ3v) is 4.45. The van der Waals surface area contributed by atoms with Gasteiger partial charge >= 0.3 is 11.9 Å². The van der Waals surface area contributed by atoms with Crippen LogP contribution in [0.15, 0.2) is 24.3 Å². The fraction of sp³-hybridized carbons (Fsp3) is 0.250. The second kappa shape index (κ2) is 8.69. The number of methoxy groups -OCH3 is 2. The summed E-state index contributed by atoms with van der Waals surface area (Å²) in [6.07, 6.45) is 0.679. The van der Waals surface area contributed by atoms with Gasteiger partial charge in [-0.25, -0.2) is 9.59 Å². The van der Waals surface area contributed by atoms with Crippen LogP contribution >= 0.6 is 0 Å².